The second kappa shape index (κ2) is 7.68. The molecular weight excluding hydrogens is 383 g/mol. The molecule has 3 rings (SSSR count). The van der Waals surface area contributed by atoms with Crippen LogP contribution in [0.3, 0.4) is 0 Å². The van der Waals surface area contributed by atoms with E-state index in [1.54, 1.807) is 18.2 Å². The van der Waals surface area contributed by atoms with Gasteiger partial charge < -0.3 is 10.6 Å². The van der Waals surface area contributed by atoms with E-state index in [-0.39, 0.29) is 5.56 Å². The molecule has 4 nitrogen and oxygen atoms in total. The molecule has 2 N–H and O–H groups in total. The van der Waals surface area contributed by atoms with Gasteiger partial charge in [0, 0.05) is 11.9 Å². The molecule has 0 atom stereocenters. The molecular formula is C18H11Cl2F2N3O. The molecule has 0 fully saturated rings. The summed E-state index contributed by atoms with van der Waals surface area (Å²) in [7, 11) is 0. The molecule has 0 saturated carbocycles. The summed E-state index contributed by atoms with van der Waals surface area (Å²) in [6.45, 7) is 0. The summed E-state index contributed by atoms with van der Waals surface area (Å²) in [6, 6.07) is 9.75. The molecule has 26 heavy (non-hydrogen) atoms. The molecule has 0 spiro atoms. The molecule has 0 aliphatic rings. The number of halogens is 4. The number of hydrogen-bond acceptors (Lipinski definition) is 3. The van der Waals surface area contributed by atoms with Crippen LogP contribution in [0.25, 0.3) is 0 Å². The fourth-order valence-corrected chi connectivity index (χ4v) is 2.47. The molecule has 0 bridgehead atoms. The van der Waals surface area contributed by atoms with Gasteiger partial charge in [0.2, 0.25) is 0 Å². The quantitative estimate of drug-likeness (QED) is 0.600. The Kier molecular flexibility index (Phi) is 5.35. The molecule has 0 radical (unpaired) electrons. The molecule has 132 valence electrons. The molecule has 0 unspecified atom stereocenters. The number of rotatable bonds is 4. The minimum atomic E-state index is -0.864. The normalized spacial score (nSPS) is 10.5. The van der Waals surface area contributed by atoms with Crippen LogP contribution < -0.4 is 10.6 Å². The van der Waals surface area contributed by atoms with Crippen molar-refractivity contribution in [2.75, 3.05) is 10.6 Å². The van der Waals surface area contributed by atoms with Crippen LogP contribution in [0, 0.1) is 11.6 Å². The average Bonchev–Trinajstić information content (AvgIpc) is 2.61. The lowest BCUT2D eigenvalue weighted by Gasteiger charge is -2.10. The monoisotopic (exact) mass is 393 g/mol. The second-order valence-electron chi connectivity index (χ2n) is 5.27. The van der Waals surface area contributed by atoms with Crippen molar-refractivity contribution in [1.82, 2.24) is 4.98 Å². The first-order chi connectivity index (χ1) is 12.4. The Hall–Kier alpha value is -2.70. The average molecular weight is 394 g/mol. The zero-order chi connectivity index (χ0) is 18.7. The molecule has 8 heteroatoms. The molecule has 1 heterocycles. The first-order valence-electron chi connectivity index (χ1n) is 7.36. The van der Waals surface area contributed by atoms with E-state index in [4.69, 9.17) is 23.2 Å². The van der Waals surface area contributed by atoms with E-state index in [1.807, 2.05) is 0 Å². The lowest BCUT2D eigenvalue weighted by Crippen LogP contribution is -2.14. The molecule has 1 aromatic heterocycles. The van der Waals surface area contributed by atoms with E-state index < -0.39 is 23.2 Å². The highest BCUT2D eigenvalue weighted by atomic mass is 35.5. The van der Waals surface area contributed by atoms with Gasteiger partial charge in [-0.15, -0.1) is 0 Å². The van der Waals surface area contributed by atoms with Gasteiger partial charge in [0.25, 0.3) is 5.91 Å². The minimum absolute atomic E-state index is 0.123. The Morgan fingerprint density at radius 2 is 1.65 bits per heavy atom. The summed E-state index contributed by atoms with van der Waals surface area (Å²) in [5.74, 6) is -2.42. The third kappa shape index (κ3) is 4.09. The van der Waals surface area contributed by atoms with E-state index >= 15 is 0 Å². The maximum atomic E-state index is 13.7. The number of para-hydroxylation sites is 1. The Balaban J connectivity index is 1.80. The van der Waals surface area contributed by atoms with Gasteiger partial charge in [-0.1, -0.05) is 29.3 Å². The van der Waals surface area contributed by atoms with Crippen molar-refractivity contribution in [1.29, 1.82) is 0 Å². The summed E-state index contributed by atoms with van der Waals surface area (Å²) in [5.41, 5.74) is 0.738. The summed E-state index contributed by atoms with van der Waals surface area (Å²) < 4.78 is 27.3. The van der Waals surface area contributed by atoms with Crippen LogP contribution in [-0.2, 0) is 0 Å². The minimum Gasteiger partial charge on any atom is -0.354 e. The van der Waals surface area contributed by atoms with Gasteiger partial charge in [-0.3, -0.25) is 9.78 Å². The van der Waals surface area contributed by atoms with E-state index in [2.05, 4.69) is 15.6 Å². The van der Waals surface area contributed by atoms with E-state index in [9.17, 15) is 13.6 Å². The van der Waals surface area contributed by atoms with Gasteiger partial charge in [-0.05, 0) is 36.4 Å². The Morgan fingerprint density at radius 1 is 0.923 bits per heavy atom. The maximum absolute atomic E-state index is 13.7. The summed E-state index contributed by atoms with van der Waals surface area (Å²) >= 11 is 11.8. The van der Waals surface area contributed by atoms with Crippen LogP contribution in [-0.4, -0.2) is 10.9 Å². The highest BCUT2D eigenvalue weighted by Gasteiger charge is 2.14. The molecule has 1 amide bonds. The number of pyridine rings is 1. The number of carbonyl (C=O) groups is 1. The highest BCUT2D eigenvalue weighted by Crippen LogP contribution is 2.27. The zero-order valence-electron chi connectivity index (χ0n) is 13.1. The van der Waals surface area contributed by atoms with Crippen molar-refractivity contribution in [2.45, 2.75) is 0 Å². The van der Waals surface area contributed by atoms with Crippen molar-refractivity contribution in [3.8, 4) is 0 Å². The molecule has 0 aliphatic heterocycles. The van der Waals surface area contributed by atoms with Crippen molar-refractivity contribution in [2.24, 2.45) is 0 Å². The summed E-state index contributed by atoms with van der Waals surface area (Å²) in [4.78, 5) is 16.2. The lowest BCUT2D eigenvalue weighted by atomic mass is 10.2. The fraction of sp³-hybridized carbons (Fsp3) is 0. The van der Waals surface area contributed by atoms with E-state index in [1.165, 1.54) is 24.5 Å². The van der Waals surface area contributed by atoms with Gasteiger partial charge >= 0.3 is 0 Å². The van der Waals surface area contributed by atoms with Crippen molar-refractivity contribution in [3.05, 3.63) is 82.1 Å². The summed E-state index contributed by atoms with van der Waals surface area (Å²) in [6.07, 6.45) is 2.77. The smallest absolute Gasteiger partial charge is 0.257 e. The fourth-order valence-electron chi connectivity index (χ4n) is 2.18. The second-order valence-corrected chi connectivity index (χ2v) is 6.08. The lowest BCUT2D eigenvalue weighted by molar-refractivity contribution is 0.102. The molecule has 0 aliphatic carbocycles. The number of nitrogens with zero attached hydrogens (tertiary/aromatic N) is 1. The van der Waals surface area contributed by atoms with Gasteiger partial charge in [-0.2, -0.15) is 0 Å². The van der Waals surface area contributed by atoms with Crippen LogP contribution in [0.4, 0.5) is 25.8 Å². The highest BCUT2D eigenvalue weighted by molar-refractivity contribution is 6.42. The van der Waals surface area contributed by atoms with Gasteiger partial charge in [0.1, 0.15) is 17.3 Å². The number of aromatic nitrogens is 1. The molecule has 2 aromatic carbocycles. The first kappa shape index (κ1) is 18.1. The number of nitrogens with one attached hydrogen (secondary N) is 2. The van der Waals surface area contributed by atoms with Crippen LogP contribution in [0.1, 0.15) is 10.4 Å². The predicted octanol–water partition coefficient (Wildman–Crippen LogP) is 5.66. The number of carbonyl (C=O) groups excluding carboxylic acids is 1. The van der Waals surface area contributed by atoms with E-state index in [0.29, 0.717) is 21.4 Å². The van der Waals surface area contributed by atoms with Gasteiger partial charge in [-0.25, -0.2) is 8.78 Å². The van der Waals surface area contributed by atoms with Crippen molar-refractivity contribution >= 4 is 46.2 Å². The number of amides is 1. The zero-order valence-corrected chi connectivity index (χ0v) is 14.6. The van der Waals surface area contributed by atoms with Crippen LogP contribution in [0.2, 0.25) is 10.0 Å². The largest absolute Gasteiger partial charge is 0.354 e. The SMILES string of the molecule is O=C(Nc1c(F)cccc1F)c1cncc(Nc2ccc(Cl)c(Cl)c2)c1. The number of benzene rings is 2. The van der Waals surface area contributed by atoms with Crippen LogP contribution >= 0.6 is 23.2 Å². The van der Waals surface area contributed by atoms with Crippen LogP contribution in [0.5, 0.6) is 0 Å². The maximum Gasteiger partial charge on any atom is 0.257 e. The van der Waals surface area contributed by atoms with E-state index in [0.717, 1.165) is 12.1 Å². The Labute approximate surface area is 157 Å². The van der Waals surface area contributed by atoms with Gasteiger partial charge in [0.15, 0.2) is 0 Å². The predicted molar refractivity (Wildman–Crippen MR) is 98.3 cm³/mol. The number of anilines is 3. The van der Waals surface area contributed by atoms with Crippen LogP contribution in [0.15, 0.2) is 54.9 Å². The molecule has 3 aromatic rings. The third-order valence-corrected chi connectivity index (χ3v) is 4.15. The Morgan fingerprint density at radius 3 is 2.35 bits per heavy atom. The van der Waals surface area contributed by atoms with Gasteiger partial charge in [0.05, 0.1) is 27.5 Å². The number of hydrogen-bond donors (Lipinski definition) is 2. The standard InChI is InChI=1S/C18H11Cl2F2N3O/c19-13-5-4-11(7-14(13)20)24-12-6-10(8-23-9-12)18(26)25-17-15(21)2-1-3-16(17)22/h1-9,24H,(H,25,26). The molecule has 0 saturated heterocycles. The summed E-state index contributed by atoms with van der Waals surface area (Å²) in [5, 5.41) is 6.01. The van der Waals surface area contributed by atoms with Crippen molar-refractivity contribution in [3.63, 3.8) is 0 Å². The topological polar surface area (TPSA) is 54.0 Å². The first-order valence-corrected chi connectivity index (χ1v) is 8.12. The third-order valence-electron chi connectivity index (χ3n) is 3.41. The van der Waals surface area contributed by atoms with Crippen molar-refractivity contribution < 1.29 is 13.6 Å². The Bertz CT molecular complexity index is 962.